The van der Waals surface area contributed by atoms with Gasteiger partial charge in [-0.25, -0.2) is 0 Å². The van der Waals surface area contributed by atoms with Gasteiger partial charge in [-0.15, -0.1) is 0 Å². The number of methoxy groups -OCH3 is 1. The van der Waals surface area contributed by atoms with E-state index in [0.29, 0.717) is 43.6 Å². The number of benzene rings is 1. The van der Waals surface area contributed by atoms with E-state index in [0.717, 1.165) is 0 Å². The van der Waals surface area contributed by atoms with E-state index in [1.165, 1.54) is 7.11 Å². The fourth-order valence-electron chi connectivity index (χ4n) is 4.91. The second kappa shape index (κ2) is 10.9. The molecule has 3 aliphatic rings. The van der Waals surface area contributed by atoms with Gasteiger partial charge in [0, 0.05) is 12.6 Å². The lowest BCUT2D eigenvalue weighted by atomic mass is 10.0. The number of carbonyl (C=O) groups is 4. The van der Waals surface area contributed by atoms with Gasteiger partial charge in [0.2, 0.25) is 18.1 Å². The third-order valence-electron chi connectivity index (χ3n) is 6.58. The van der Waals surface area contributed by atoms with Gasteiger partial charge in [0.1, 0.15) is 23.9 Å². The van der Waals surface area contributed by atoms with Crippen LogP contribution < -0.4 is 15.4 Å². The number of cyclic esters (lactones) is 1. The number of esters is 1. The average Bonchev–Trinajstić information content (AvgIpc) is 3.42. The van der Waals surface area contributed by atoms with E-state index in [4.69, 9.17) is 14.2 Å². The smallest absolute Gasteiger partial charge is 0.310 e. The third-order valence-corrected chi connectivity index (χ3v) is 6.58. The minimum absolute atomic E-state index is 0.0147. The Hall–Kier alpha value is -3.40. The van der Waals surface area contributed by atoms with Crippen molar-refractivity contribution in [3.05, 3.63) is 42.0 Å². The van der Waals surface area contributed by atoms with Crippen molar-refractivity contribution in [3.63, 3.8) is 0 Å². The number of para-hydroxylation sites is 1. The first-order chi connectivity index (χ1) is 16.9. The van der Waals surface area contributed by atoms with E-state index >= 15 is 0 Å². The number of fused-ring (bicyclic) bond motifs is 1. The van der Waals surface area contributed by atoms with Crippen LogP contribution in [0.15, 0.2) is 36.4 Å². The molecule has 10 heteroatoms. The standard InChI is InChI=1S/C25H31N3O7/c1-3-34-25-18(14-21(29)35-25)27-23(31)19-13-12-15-8-4-6-10-17(24(32)28(15)19)26-22(30)16-9-5-7-11-20(16)33-2/h4-7,9,11,15,17-19,25H,3,8,10,12-14H2,1-2H3,(H,26,30)(H,27,31)/t15-,17+,18?,19+,25?/m1/s1. The van der Waals surface area contributed by atoms with E-state index in [-0.39, 0.29) is 24.3 Å². The third kappa shape index (κ3) is 5.32. The first-order valence-corrected chi connectivity index (χ1v) is 12.0. The van der Waals surface area contributed by atoms with Crippen LogP contribution in [-0.4, -0.2) is 72.8 Å². The fourth-order valence-corrected chi connectivity index (χ4v) is 4.91. The summed E-state index contributed by atoms with van der Waals surface area (Å²) in [7, 11) is 1.48. The highest BCUT2D eigenvalue weighted by atomic mass is 16.7. The summed E-state index contributed by atoms with van der Waals surface area (Å²) in [4.78, 5) is 53.2. The zero-order chi connectivity index (χ0) is 24.9. The minimum Gasteiger partial charge on any atom is -0.496 e. The van der Waals surface area contributed by atoms with Crippen molar-refractivity contribution in [3.8, 4) is 5.75 Å². The van der Waals surface area contributed by atoms with Crippen LogP contribution in [0, 0.1) is 0 Å². The SMILES string of the molecule is CCOC1OC(=O)CC1NC(=O)[C@@H]1CC[C@H]2CC=CC[C@H](NC(=O)c3ccccc3OC)C(=O)N21. The van der Waals surface area contributed by atoms with E-state index < -0.39 is 36.3 Å². The molecule has 0 radical (unpaired) electrons. The van der Waals surface area contributed by atoms with Crippen LogP contribution in [0.3, 0.4) is 0 Å². The van der Waals surface area contributed by atoms with E-state index in [2.05, 4.69) is 10.6 Å². The summed E-state index contributed by atoms with van der Waals surface area (Å²) in [5, 5.41) is 5.67. The maximum atomic E-state index is 13.6. The number of carbonyl (C=O) groups excluding carboxylic acids is 4. The molecule has 3 aliphatic heterocycles. The number of hydrogen-bond donors (Lipinski definition) is 2. The molecule has 0 aromatic heterocycles. The Bertz CT molecular complexity index is 1010. The van der Waals surface area contributed by atoms with Crippen LogP contribution in [0.4, 0.5) is 0 Å². The van der Waals surface area contributed by atoms with Gasteiger partial charge in [-0.2, -0.15) is 0 Å². The van der Waals surface area contributed by atoms with Gasteiger partial charge in [0.25, 0.3) is 5.91 Å². The van der Waals surface area contributed by atoms with Gasteiger partial charge >= 0.3 is 5.97 Å². The van der Waals surface area contributed by atoms with Crippen LogP contribution in [0.1, 0.15) is 49.4 Å². The highest BCUT2D eigenvalue weighted by Gasteiger charge is 2.45. The molecule has 4 rings (SSSR count). The zero-order valence-electron chi connectivity index (χ0n) is 19.9. The maximum Gasteiger partial charge on any atom is 0.310 e. The Balaban J connectivity index is 1.49. The quantitative estimate of drug-likeness (QED) is 0.441. The molecule has 5 atom stereocenters. The molecular formula is C25H31N3O7. The van der Waals surface area contributed by atoms with E-state index in [9.17, 15) is 19.2 Å². The summed E-state index contributed by atoms with van der Waals surface area (Å²) in [6, 6.07) is 4.50. The van der Waals surface area contributed by atoms with Gasteiger partial charge in [0.05, 0.1) is 19.1 Å². The molecule has 10 nitrogen and oxygen atoms in total. The molecule has 0 spiro atoms. The van der Waals surface area contributed by atoms with Crippen molar-refractivity contribution in [1.29, 1.82) is 0 Å². The summed E-state index contributed by atoms with van der Waals surface area (Å²) in [6.07, 6.45) is 5.16. The van der Waals surface area contributed by atoms with E-state index in [1.54, 1.807) is 36.1 Å². The fraction of sp³-hybridized carbons (Fsp3) is 0.520. The van der Waals surface area contributed by atoms with Gasteiger partial charge < -0.3 is 29.7 Å². The molecule has 35 heavy (non-hydrogen) atoms. The number of nitrogens with zero attached hydrogens (tertiary/aromatic N) is 1. The van der Waals surface area contributed by atoms with Crippen molar-refractivity contribution >= 4 is 23.7 Å². The van der Waals surface area contributed by atoms with Gasteiger partial charge in [0.15, 0.2) is 0 Å². The first kappa shape index (κ1) is 24.7. The van der Waals surface area contributed by atoms with E-state index in [1.807, 2.05) is 12.2 Å². The van der Waals surface area contributed by atoms with Gasteiger partial charge in [-0.05, 0) is 44.7 Å². The molecule has 1 aromatic carbocycles. The molecule has 3 amide bonds. The molecule has 1 aromatic rings. The second-order valence-electron chi connectivity index (χ2n) is 8.79. The molecule has 2 N–H and O–H groups in total. The van der Waals surface area contributed by atoms with Crippen LogP contribution in [0.25, 0.3) is 0 Å². The van der Waals surface area contributed by atoms with Crippen LogP contribution >= 0.6 is 0 Å². The van der Waals surface area contributed by atoms with Crippen LogP contribution in [0.2, 0.25) is 0 Å². The van der Waals surface area contributed by atoms with Gasteiger partial charge in [-0.3, -0.25) is 19.2 Å². The maximum absolute atomic E-state index is 13.6. The Labute approximate surface area is 204 Å². The Morgan fingerprint density at radius 2 is 1.89 bits per heavy atom. The molecule has 0 bridgehead atoms. The summed E-state index contributed by atoms with van der Waals surface area (Å²) >= 11 is 0. The topological polar surface area (TPSA) is 123 Å². The zero-order valence-corrected chi connectivity index (χ0v) is 19.9. The van der Waals surface area contributed by atoms with Crippen LogP contribution in [0.5, 0.6) is 5.75 Å². The van der Waals surface area contributed by atoms with Gasteiger partial charge in [-0.1, -0.05) is 24.3 Å². The highest BCUT2D eigenvalue weighted by Crippen LogP contribution is 2.30. The number of hydrogen-bond acceptors (Lipinski definition) is 7. The summed E-state index contributed by atoms with van der Waals surface area (Å²) < 4.78 is 15.8. The van der Waals surface area contributed by atoms with Crippen molar-refractivity contribution < 1.29 is 33.4 Å². The minimum atomic E-state index is -0.840. The van der Waals surface area contributed by atoms with Crippen LogP contribution in [-0.2, 0) is 23.9 Å². The molecular weight excluding hydrogens is 454 g/mol. The van der Waals surface area contributed by atoms with Crippen molar-refractivity contribution in [2.75, 3.05) is 13.7 Å². The Morgan fingerprint density at radius 3 is 2.66 bits per heavy atom. The lowest BCUT2D eigenvalue weighted by Crippen LogP contribution is -2.57. The monoisotopic (exact) mass is 485 g/mol. The highest BCUT2D eigenvalue weighted by molar-refractivity contribution is 6.00. The molecule has 3 heterocycles. The number of amides is 3. The Kier molecular flexibility index (Phi) is 7.70. The largest absolute Gasteiger partial charge is 0.496 e. The summed E-state index contributed by atoms with van der Waals surface area (Å²) in [5.41, 5.74) is 0.328. The molecule has 0 aliphatic carbocycles. The van der Waals surface area contributed by atoms with Crippen molar-refractivity contribution in [2.45, 2.75) is 69.5 Å². The van der Waals surface area contributed by atoms with Crippen molar-refractivity contribution in [1.82, 2.24) is 15.5 Å². The molecule has 188 valence electrons. The number of ether oxygens (including phenoxy) is 3. The first-order valence-electron chi connectivity index (χ1n) is 12.0. The van der Waals surface area contributed by atoms with Crippen molar-refractivity contribution in [2.24, 2.45) is 0 Å². The molecule has 2 fully saturated rings. The molecule has 2 unspecified atom stereocenters. The molecule has 2 saturated heterocycles. The number of rotatable bonds is 7. The Morgan fingerprint density at radius 1 is 1.11 bits per heavy atom. The lowest BCUT2D eigenvalue weighted by molar-refractivity contribution is -0.164. The summed E-state index contributed by atoms with van der Waals surface area (Å²) in [5.74, 6) is -1.11. The summed E-state index contributed by atoms with van der Waals surface area (Å²) in [6.45, 7) is 2.11. The predicted molar refractivity (Wildman–Crippen MR) is 124 cm³/mol. The predicted octanol–water partition coefficient (Wildman–Crippen LogP) is 1.30. The number of nitrogens with one attached hydrogen (secondary N) is 2. The lowest BCUT2D eigenvalue weighted by Gasteiger charge is -2.34. The second-order valence-corrected chi connectivity index (χ2v) is 8.79. The average molecular weight is 486 g/mol. The molecule has 0 saturated carbocycles. The normalized spacial score (nSPS) is 28.1.